The maximum Gasteiger partial charge on any atom is 0.223 e. The molecule has 1 aromatic rings. The zero-order valence-corrected chi connectivity index (χ0v) is 13.4. The van der Waals surface area contributed by atoms with Crippen LogP contribution in [0.4, 0.5) is 0 Å². The zero-order valence-electron chi connectivity index (χ0n) is 12.6. The van der Waals surface area contributed by atoms with Gasteiger partial charge in [0.2, 0.25) is 5.91 Å². The van der Waals surface area contributed by atoms with E-state index in [1.54, 1.807) is 0 Å². The van der Waals surface area contributed by atoms with E-state index in [-0.39, 0.29) is 18.3 Å². The monoisotopic (exact) mass is 312 g/mol. The molecule has 1 aliphatic heterocycles. The Labute approximate surface area is 133 Å². The Bertz CT molecular complexity index is 434. The van der Waals surface area contributed by atoms with Gasteiger partial charge in [-0.25, -0.2) is 0 Å². The molecule has 0 radical (unpaired) electrons. The van der Waals surface area contributed by atoms with Gasteiger partial charge in [-0.05, 0) is 56.5 Å². The maximum atomic E-state index is 11.7. The molecule has 1 heterocycles. The highest BCUT2D eigenvalue weighted by atomic mass is 35.5. The summed E-state index contributed by atoms with van der Waals surface area (Å²) in [5, 5.41) is 6.34. The highest BCUT2D eigenvalue weighted by Gasteiger charge is 2.13. The number of carbonyl (C=O) groups is 1. The van der Waals surface area contributed by atoms with Gasteiger partial charge in [-0.2, -0.15) is 0 Å². The number of benzene rings is 1. The molecule has 2 N–H and O–H groups in total. The first-order chi connectivity index (χ1) is 9.74. The van der Waals surface area contributed by atoms with E-state index in [1.165, 1.54) is 12.8 Å². The largest absolute Gasteiger partial charge is 0.493 e. The predicted octanol–water partition coefficient (Wildman–Crippen LogP) is 2.30. The van der Waals surface area contributed by atoms with Crippen LogP contribution in [-0.2, 0) is 4.79 Å². The molecule has 1 amide bonds. The predicted molar refractivity (Wildman–Crippen MR) is 87.1 cm³/mol. The minimum absolute atomic E-state index is 0. The van der Waals surface area contributed by atoms with Crippen LogP contribution in [0.25, 0.3) is 0 Å². The highest BCUT2D eigenvalue weighted by Crippen LogP contribution is 2.12. The van der Waals surface area contributed by atoms with E-state index >= 15 is 0 Å². The molecule has 0 saturated carbocycles. The van der Waals surface area contributed by atoms with Crippen LogP contribution in [0.1, 0.15) is 24.8 Å². The van der Waals surface area contributed by atoms with Gasteiger partial charge in [0.05, 0.1) is 13.0 Å². The lowest BCUT2D eigenvalue weighted by Crippen LogP contribution is -2.38. The second kappa shape index (κ2) is 9.64. The lowest BCUT2D eigenvalue weighted by Gasteiger charge is -2.22. The number of ether oxygens (including phenoxy) is 1. The van der Waals surface area contributed by atoms with Crippen LogP contribution >= 0.6 is 12.4 Å². The molecule has 2 rings (SSSR count). The fourth-order valence-corrected chi connectivity index (χ4v) is 2.41. The van der Waals surface area contributed by atoms with E-state index in [0.29, 0.717) is 18.9 Å². The standard InChI is InChI=1S/C16H24N2O2.ClH/c1-13-4-2-6-15(10-13)20-9-7-16(19)18-12-14-5-3-8-17-11-14;/h2,4,6,10,14,17H,3,5,7-9,11-12H2,1H3,(H,18,19);1H. The van der Waals surface area contributed by atoms with Crippen molar-refractivity contribution in [3.8, 4) is 5.75 Å². The van der Waals surface area contributed by atoms with Gasteiger partial charge in [0.15, 0.2) is 0 Å². The van der Waals surface area contributed by atoms with Crippen molar-refractivity contribution in [3.63, 3.8) is 0 Å². The van der Waals surface area contributed by atoms with Crippen LogP contribution in [0, 0.1) is 12.8 Å². The summed E-state index contributed by atoms with van der Waals surface area (Å²) in [5.41, 5.74) is 1.16. The lowest BCUT2D eigenvalue weighted by atomic mass is 10.00. The number of halogens is 1. The summed E-state index contributed by atoms with van der Waals surface area (Å²) in [4.78, 5) is 11.7. The van der Waals surface area contributed by atoms with Crippen LogP contribution in [0.15, 0.2) is 24.3 Å². The van der Waals surface area contributed by atoms with Crippen molar-refractivity contribution >= 4 is 18.3 Å². The minimum Gasteiger partial charge on any atom is -0.493 e. The number of hydrogen-bond donors (Lipinski definition) is 2. The molecular formula is C16H25ClN2O2. The molecular weight excluding hydrogens is 288 g/mol. The number of aryl methyl sites for hydroxylation is 1. The molecule has 1 atom stereocenters. The van der Waals surface area contributed by atoms with E-state index in [1.807, 2.05) is 31.2 Å². The second-order valence-electron chi connectivity index (χ2n) is 5.43. The topological polar surface area (TPSA) is 50.4 Å². The molecule has 1 aromatic carbocycles. The van der Waals surface area contributed by atoms with Gasteiger partial charge in [-0.15, -0.1) is 12.4 Å². The lowest BCUT2D eigenvalue weighted by molar-refractivity contribution is -0.121. The maximum absolute atomic E-state index is 11.7. The second-order valence-corrected chi connectivity index (χ2v) is 5.43. The third-order valence-electron chi connectivity index (χ3n) is 3.57. The van der Waals surface area contributed by atoms with Gasteiger partial charge in [-0.1, -0.05) is 12.1 Å². The number of rotatable bonds is 6. The number of piperidine rings is 1. The summed E-state index contributed by atoms with van der Waals surface area (Å²) in [5.74, 6) is 1.47. The van der Waals surface area contributed by atoms with E-state index in [4.69, 9.17) is 4.74 Å². The van der Waals surface area contributed by atoms with Gasteiger partial charge < -0.3 is 15.4 Å². The molecule has 5 heteroatoms. The van der Waals surface area contributed by atoms with Crippen LogP contribution in [-0.4, -0.2) is 32.1 Å². The van der Waals surface area contributed by atoms with Gasteiger partial charge >= 0.3 is 0 Å². The first kappa shape index (κ1) is 17.8. The molecule has 1 aliphatic rings. The van der Waals surface area contributed by atoms with Crippen molar-refractivity contribution < 1.29 is 9.53 Å². The minimum atomic E-state index is 0. The summed E-state index contributed by atoms with van der Waals surface area (Å²) >= 11 is 0. The molecule has 118 valence electrons. The number of amides is 1. The van der Waals surface area contributed by atoms with Gasteiger partial charge in [-0.3, -0.25) is 4.79 Å². The third-order valence-corrected chi connectivity index (χ3v) is 3.57. The molecule has 0 bridgehead atoms. The summed E-state index contributed by atoms with van der Waals surface area (Å²) in [6.45, 7) is 5.35. The smallest absolute Gasteiger partial charge is 0.223 e. The molecule has 1 saturated heterocycles. The van der Waals surface area contributed by atoms with Crippen LogP contribution < -0.4 is 15.4 Å². The molecule has 21 heavy (non-hydrogen) atoms. The first-order valence-corrected chi connectivity index (χ1v) is 7.41. The van der Waals surface area contributed by atoms with Gasteiger partial charge in [0.25, 0.3) is 0 Å². The van der Waals surface area contributed by atoms with E-state index in [0.717, 1.165) is 30.9 Å². The van der Waals surface area contributed by atoms with Crippen molar-refractivity contribution in [2.75, 3.05) is 26.2 Å². The van der Waals surface area contributed by atoms with Crippen molar-refractivity contribution in [3.05, 3.63) is 29.8 Å². The number of nitrogens with one attached hydrogen (secondary N) is 2. The Morgan fingerprint density at radius 2 is 2.33 bits per heavy atom. The molecule has 0 spiro atoms. The summed E-state index contributed by atoms with van der Waals surface area (Å²) in [7, 11) is 0. The number of carbonyl (C=O) groups excluding carboxylic acids is 1. The summed E-state index contributed by atoms with van der Waals surface area (Å²) in [6.07, 6.45) is 2.82. The zero-order chi connectivity index (χ0) is 14.2. The Hall–Kier alpha value is -1.26. The van der Waals surface area contributed by atoms with Crippen LogP contribution in [0.3, 0.4) is 0 Å². The van der Waals surface area contributed by atoms with Gasteiger partial charge in [0.1, 0.15) is 5.75 Å². The Morgan fingerprint density at radius 3 is 3.05 bits per heavy atom. The summed E-state index contributed by atoms with van der Waals surface area (Å²) < 4.78 is 5.58. The van der Waals surface area contributed by atoms with Crippen molar-refractivity contribution in [2.45, 2.75) is 26.2 Å². The molecule has 0 aromatic heterocycles. The van der Waals surface area contributed by atoms with Crippen molar-refractivity contribution in [2.24, 2.45) is 5.92 Å². The Morgan fingerprint density at radius 1 is 1.48 bits per heavy atom. The number of hydrogen-bond acceptors (Lipinski definition) is 3. The van der Waals surface area contributed by atoms with E-state index in [2.05, 4.69) is 10.6 Å². The fourth-order valence-electron chi connectivity index (χ4n) is 2.41. The quantitative estimate of drug-likeness (QED) is 0.847. The van der Waals surface area contributed by atoms with E-state index in [9.17, 15) is 4.79 Å². The first-order valence-electron chi connectivity index (χ1n) is 7.41. The Kier molecular flexibility index (Phi) is 8.16. The van der Waals surface area contributed by atoms with Crippen LogP contribution in [0.2, 0.25) is 0 Å². The molecule has 1 fully saturated rings. The fraction of sp³-hybridized carbons (Fsp3) is 0.562. The van der Waals surface area contributed by atoms with Crippen molar-refractivity contribution in [1.29, 1.82) is 0 Å². The molecule has 0 aliphatic carbocycles. The SMILES string of the molecule is Cc1cccc(OCCC(=O)NCC2CCCNC2)c1.Cl. The average Bonchev–Trinajstić information content (AvgIpc) is 2.46. The van der Waals surface area contributed by atoms with E-state index < -0.39 is 0 Å². The summed E-state index contributed by atoms with van der Waals surface area (Å²) in [6, 6.07) is 7.88. The average molecular weight is 313 g/mol. The van der Waals surface area contributed by atoms with Crippen molar-refractivity contribution in [1.82, 2.24) is 10.6 Å². The van der Waals surface area contributed by atoms with Crippen LogP contribution in [0.5, 0.6) is 5.75 Å². The molecule has 1 unspecified atom stereocenters. The van der Waals surface area contributed by atoms with Gasteiger partial charge in [0, 0.05) is 6.54 Å². The molecule has 4 nitrogen and oxygen atoms in total. The highest BCUT2D eigenvalue weighted by molar-refractivity contribution is 5.85. The Balaban J connectivity index is 0.00000220. The third kappa shape index (κ3) is 6.82. The normalized spacial score (nSPS) is 17.7.